The largest absolute Gasteiger partial charge is 2.00 e. The standard InChI is InChI=1S/4CHO2.Ca.Co.2H/c4*2-1-3;;;;/h4*(H,2,3);;;;/q4*-1;+2;;2*-1. The van der Waals surface area contributed by atoms with Gasteiger partial charge >= 0.3 is 37.7 Å². The first-order valence-electron chi connectivity index (χ1n) is 1.71. The topological polar surface area (TPSA) is 149 Å². The van der Waals surface area contributed by atoms with Crippen LogP contribution in [0.5, 0.6) is 0 Å². The van der Waals surface area contributed by atoms with Gasteiger partial charge in [-0.15, -0.1) is 0 Å². The Morgan fingerprint density at radius 3 is 0.643 bits per heavy atom. The number of aliphatic hydroxyl groups excluding tert-OH is 4. The van der Waals surface area contributed by atoms with E-state index in [0.717, 1.165) is 0 Å². The van der Waals surface area contributed by atoms with E-state index < -0.39 is 0 Å². The minimum atomic E-state index is 0. The molecule has 0 rings (SSSR count). The molecule has 0 aliphatic heterocycles. The van der Waals surface area contributed by atoms with Crippen LogP contribution in [0.2, 0.25) is 0 Å². The molecule has 1 radical (unpaired) electrons. The molecule has 0 amide bonds. The Hall–Kier alpha value is -0.354. The Morgan fingerprint density at radius 2 is 0.643 bits per heavy atom. The maximum Gasteiger partial charge on any atom is 2.00 e. The van der Waals surface area contributed by atoms with Crippen LogP contribution in [0, 0.1) is 0 Å². The van der Waals surface area contributed by atoms with Gasteiger partial charge in [-0.2, -0.15) is 0 Å². The van der Waals surface area contributed by atoms with Crippen molar-refractivity contribution < 1.29 is 59.2 Å². The number of rotatable bonds is 0. The minimum absolute atomic E-state index is 0. The van der Waals surface area contributed by atoms with Crippen molar-refractivity contribution in [1.29, 1.82) is 0 Å². The first-order valence-corrected chi connectivity index (χ1v) is 1.71. The van der Waals surface area contributed by atoms with Gasteiger partial charge in [0.15, 0.2) is 0 Å². The molecule has 0 aliphatic rings. The van der Waals surface area contributed by atoms with Gasteiger partial charge < -0.3 is 42.5 Å². The number of hydrogen-bond donors (Lipinski definition) is 4. The summed E-state index contributed by atoms with van der Waals surface area (Å²) < 4.78 is 0. The third-order valence-corrected chi connectivity index (χ3v) is 0. The van der Waals surface area contributed by atoms with Gasteiger partial charge in [0, 0.05) is 16.8 Å². The van der Waals surface area contributed by atoms with E-state index in [-0.39, 0.29) is 57.4 Å². The third kappa shape index (κ3) is 10500. The fraction of sp³-hybridized carbons (Fsp3) is 0. The smallest absolute Gasteiger partial charge is 1.00 e. The van der Waals surface area contributed by atoms with Crippen LogP contribution in [-0.4, -0.2) is 84.1 Å². The average Bonchev–Trinajstić information content (AvgIpc) is 1.92. The normalized spacial score (nSPS) is 3.43. The Kier molecular flexibility index (Phi) is 344. The molecule has 0 saturated heterocycles. The average molecular weight is 281 g/mol. The molecule has 85 valence electrons. The molecule has 0 heterocycles. The summed E-state index contributed by atoms with van der Waals surface area (Å²) in [4.78, 5) is 32.9. The molecule has 0 aromatic heterocycles. The van der Waals surface area contributed by atoms with Crippen LogP contribution in [0.4, 0.5) is 0 Å². The van der Waals surface area contributed by atoms with E-state index in [1.165, 1.54) is 0 Å². The predicted molar refractivity (Wildman–Crippen MR) is 41.3 cm³/mol. The van der Waals surface area contributed by atoms with Gasteiger partial charge in [-0.05, 0) is 0 Å². The van der Waals surface area contributed by atoms with E-state index in [9.17, 15) is 0 Å². The van der Waals surface area contributed by atoms with E-state index in [0.29, 0.717) is 25.9 Å². The summed E-state index contributed by atoms with van der Waals surface area (Å²) in [5.41, 5.74) is 0. The Balaban J connectivity index is -0.00000000821. The third-order valence-electron chi connectivity index (χ3n) is 0. The van der Waals surface area contributed by atoms with Gasteiger partial charge in [0.1, 0.15) is 0 Å². The van der Waals surface area contributed by atoms with Crippen LogP contribution in [0.1, 0.15) is 2.85 Å². The van der Waals surface area contributed by atoms with E-state index >= 15 is 0 Å². The maximum absolute atomic E-state index is 8.24. The monoisotopic (exact) mass is 281 g/mol. The minimum Gasteiger partial charge on any atom is -1.00 e. The Morgan fingerprint density at radius 1 is 0.643 bits per heavy atom. The molecule has 14 heavy (non-hydrogen) atoms. The molecule has 0 bridgehead atoms. The van der Waals surface area contributed by atoms with Crippen LogP contribution in [0.3, 0.4) is 0 Å². The van der Waals surface area contributed by atoms with Crippen molar-refractivity contribution in [2.24, 2.45) is 0 Å². The van der Waals surface area contributed by atoms with Crippen LogP contribution in [0.25, 0.3) is 0 Å². The molecular weight excluding hydrogens is 275 g/mol. The number of hydrogen-bond acceptors (Lipinski definition) is 4. The van der Waals surface area contributed by atoms with Crippen LogP contribution in [-0.2, 0) is 36.0 Å². The van der Waals surface area contributed by atoms with Crippen molar-refractivity contribution in [3.05, 3.63) is 0 Å². The van der Waals surface area contributed by atoms with Gasteiger partial charge in [-0.1, -0.05) is 25.9 Å². The zero-order valence-electron chi connectivity index (χ0n) is 8.46. The molecule has 0 saturated carbocycles. The summed E-state index contributed by atoms with van der Waals surface area (Å²) in [7, 11) is 0. The molecule has 0 aromatic rings. The maximum atomic E-state index is 8.24. The van der Waals surface area contributed by atoms with Crippen molar-refractivity contribution in [2.75, 3.05) is 0 Å². The second-order valence-corrected chi connectivity index (χ2v) is 0.365. The van der Waals surface area contributed by atoms with Gasteiger partial charge in [0.05, 0.1) is 0 Å². The summed E-state index contributed by atoms with van der Waals surface area (Å²) in [5.74, 6) is 0. The van der Waals surface area contributed by atoms with E-state index in [4.69, 9.17) is 39.6 Å². The second-order valence-electron chi connectivity index (χ2n) is 0.365. The predicted octanol–water partition coefficient (Wildman–Crippen LogP) is -1.71. The zero-order chi connectivity index (χ0) is 10.8. The molecule has 0 fully saturated rings. The quantitative estimate of drug-likeness (QED) is 0.303. The molecule has 0 spiro atoms. The summed E-state index contributed by atoms with van der Waals surface area (Å²) >= 11 is 0. The summed E-state index contributed by atoms with van der Waals surface area (Å²) in [6.45, 7) is 2.00. The second kappa shape index (κ2) is 129. The molecule has 8 nitrogen and oxygen atoms in total. The van der Waals surface area contributed by atoms with Gasteiger partial charge in [0.25, 0.3) is 0 Å². The van der Waals surface area contributed by atoms with E-state index in [1.54, 1.807) is 0 Å². The van der Waals surface area contributed by atoms with Gasteiger partial charge in [-0.3, -0.25) is 0 Å². The fourth-order valence-electron chi connectivity index (χ4n) is 0. The molecule has 0 atom stereocenters. The first-order chi connectivity index (χ1) is 5.66. The van der Waals surface area contributed by atoms with Crippen LogP contribution < -0.4 is 0 Å². The molecule has 4 N–H and O–H groups in total. The van der Waals surface area contributed by atoms with Crippen molar-refractivity contribution in [3.8, 4) is 0 Å². The zero-order valence-corrected chi connectivity index (χ0v) is 9.71. The van der Waals surface area contributed by atoms with Crippen LogP contribution in [0.15, 0.2) is 0 Å². The summed E-state index contributed by atoms with van der Waals surface area (Å²) in [6.07, 6.45) is 0. The SMILES string of the molecule is O=[C-]O.O=[C-]O.O=[C-]O.O=[C-]O.[Ca+2].[Co].[H-].[H-]. The van der Waals surface area contributed by atoms with Crippen molar-refractivity contribution in [2.45, 2.75) is 0 Å². The molecule has 10 heteroatoms. The van der Waals surface area contributed by atoms with Gasteiger partial charge in [-0.25, -0.2) is 0 Å². The van der Waals surface area contributed by atoms with Gasteiger partial charge in [0.2, 0.25) is 0 Å². The fourth-order valence-corrected chi connectivity index (χ4v) is 0. The molecule has 0 unspecified atom stereocenters. The Bertz CT molecular complexity index is 84.0. The van der Waals surface area contributed by atoms with Crippen molar-refractivity contribution >= 4 is 63.6 Å². The van der Waals surface area contributed by atoms with E-state index in [1.807, 2.05) is 0 Å². The summed E-state index contributed by atoms with van der Waals surface area (Å²) in [6, 6.07) is 0. The first kappa shape index (κ1) is 37.3. The molecule has 0 aromatic carbocycles. The van der Waals surface area contributed by atoms with Crippen molar-refractivity contribution in [1.82, 2.24) is 0 Å². The molecular formula is C4H6CaCoO8-4. The Labute approximate surface area is 122 Å². The van der Waals surface area contributed by atoms with Crippen molar-refractivity contribution in [3.63, 3.8) is 0 Å². The van der Waals surface area contributed by atoms with E-state index in [2.05, 4.69) is 0 Å². The van der Waals surface area contributed by atoms with Crippen LogP contribution >= 0.6 is 0 Å². The summed E-state index contributed by atoms with van der Waals surface area (Å²) in [5, 5.41) is 27.1. The molecule has 0 aliphatic carbocycles.